The fourth-order valence-corrected chi connectivity index (χ4v) is 1.66. The Morgan fingerprint density at radius 1 is 1.08 bits per heavy atom. The van der Waals surface area contributed by atoms with E-state index in [1.54, 1.807) is 0 Å². The SMILES string of the molecule is CCOC([SiH3])(OCC)C(Cl)(Cl)Cl. The lowest BCUT2D eigenvalue weighted by atomic mass is 10.6. The van der Waals surface area contributed by atoms with Crippen LogP contribution < -0.4 is 0 Å². The third-order valence-corrected chi connectivity index (χ3v) is 4.66. The van der Waals surface area contributed by atoms with Crippen LogP contribution in [0.25, 0.3) is 0 Å². The molecule has 0 aliphatic heterocycles. The average Bonchev–Trinajstić information content (AvgIpc) is 1.86. The Balaban J connectivity index is 4.38. The average molecular weight is 252 g/mol. The highest BCUT2D eigenvalue weighted by molar-refractivity contribution is 6.70. The van der Waals surface area contributed by atoms with Crippen molar-refractivity contribution in [1.29, 1.82) is 0 Å². The molecule has 12 heavy (non-hydrogen) atoms. The quantitative estimate of drug-likeness (QED) is 0.428. The van der Waals surface area contributed by atoms with Crippen molar-refractivity contribution in [2.45, 2.75) is 23.1 Å². The Morgan fingerprint density at radius 3 is 1.58 bits per heavy atom. The lowest BCUT2D eigenvalue weighted by molar-refractivity contribution is -0.169. The van der Waals surface area contributed by atoms with Crippen molar-refractivity contribution in [2.75, 3.05) is 13.2 Å². The molecule has 0 radical (unpaired) electrons. The van der Waals surface area contributed by atoms with Gasteiger partial charge in [-0.2, -0.15) is 0 Å². The van der Waals surface area contributed by atoms with E-state index in [1.807, 2.05) is 13.8 Å². The van der Waals surface area contributed by atoms with Gasteiger partial charge in [0.05, 0.1) is 10.2 Å². The van der Waals surface area contributed by atoms with Crippen LogP contribution in [0.2, 0.25) is 0 Å². The predicted octanol–water partition coefficient (Wildman–Crippen LogP) is 1.45. The molecule has 0 aromatic rings. The van der Waals surface area contributed by atoms with E-state index < -0.39 is 9.20 Å². The summed E-state index contributed by atoms with van der Waals surface area (Å²) in [5, 5.41) is 0. The molecule has 0 N–H and O–H groups in total. The second-order valence-electron chi connectivity index (χ2n) is 2.31. The van der Waals surface area contributed by atoms with E-state index in [0.29, 0.717) is 23.5 Å². The first-order valence-corrected chi connectivity index (χ1v) is 5.85. The van der Waals surface area contributed by atoms with Crippen molar-refractivity contribution in [3.8, 4) is 0 Å². The largest absolute Gasteiger partial charge is 0.351 e. The number of rotatable bonds is 4. The van der Waals surface area contributed by atoms with Gasteiger partial charge in [-0.05, 0) is 13.8 Å². The van der Waals surface area contributed by atoms with Gasteiger partial charge in [-0.3, -0.25) is 0 Å². The van der Waals surface area contributed by atoms with Crippen molar-refractivity contribution < 1.29 is 9.47 Å². The number of hydrogen-bond donors (Lipinski definition) is 0. The Bertz CT molecular complexity index is 131. The number of halogens is 3. The molecule has 0 bridgehead atoms. The van der Waals surface area contributed by atoms with Gasteiger partial charge in [0, 0.05) is 13.2 Å². The number of alkyl halides is 3. The van der Waals surface area contributed by atoms with Crippen LogP contribution >= 0.6 is 34.8 Å². The van der Waals surface area contributed by atoms with Gasteiger partial charge >= 0.3 is 0 Å². The first kappa shape index (κ1) is 13.0. The minimum atomic E-state index is -1.51. The second-order valence-corrected chi connectivity index (χ2v) is 5.91. The van der Waals surface area contributed by atoms with Crippen LogP contribution in [-0.4, -0.2) is 32.7 Å². The van der Waals surface area contributed by atoms with Crippen molar-refractivity contribution in [2.24, 2.45) is 0 Å². The van der Waals surface area contributed by atoms with Gasteiger partial charge in [-0.15, -0.1) is 0 Å². The standard InChI is InChI=1S/C6H13Cl3O2Si/c1-3-10-6(12,11-4-2)5(7,8)9/h3-4H2,1-2,12H3. The van der Waals surface area contributed by atoms with Crippen LogP contribution in [0.3, 0.4) is 0 Å². The summed E-state index contributed by atoms with van der Waals surface area (Å²) < 4.78 is 9.05. The third kappa shape index (κ3) is 3.40. The van der Waals surface area contributed by atoms with Gasteiger partial charge in [-0.25, -0.2) is 0 Å². The Morgan fingerprint density at radius 2 is 1.42 bits per heavy atom. The van der Waals surface area contributed by atoms with E-state index in [4.69, 9.17) is 44.3 Å². The van der Waals surface area contributed by atoms with Crippen LogP contribution in [-0.2, 0) is 9.47 Å². The highest BCUT2D eigenvalue weighted by Gasteiger charge is 2.46. The Labute approximate surface area is 90.9 Å². The van der Waals surface area contributed by atoms with Gasteiger partial charge in [0.25, 0.3) is 0 Å². The second kappa shape index (κ2) is 5.03. The maximum absolute atomic E-state index is 5.71. The summed E-state index contributed by atoms with van der Waals surface area (Å²) in [6, 6.07) is 0. The van der Waals surface area contributed by atoms with Crippen molar-refractivity contribution >= 4 is 45.0 Å². The Kier molecular flexibility index (Phi) is 5.45. The molecule has 0 atom stereocenters. The fourth-order valence-electron chi connectivity index (χ4n) is 0.756. The molecule has 0 unspecified atom stereocenters. The summed E-state index contributed by atoms with van der Waals surface area (Å²) in [7, 11) is 0.506. The topological polar surface area (TPSA) is 18.5 Å². The van der Waals surface area contributed by atoms with Crippen molar-refractivity contribution in [3.63, 3.8) is 0 Å². The lowest BCUT2D eigenvalue weighted by Crippen LogP contribution is -2.48. The molecule has 0 aliphatic carbocycles. The summed E-state index contributed by atoms with van der Waals surface area (Å²) in [6.45, 7) is 4.61. The van der Waals surface area contributed by atoms with Crippen LogP contribution in [0.4, 0.5) is 0 Å². The zero-order chi connectivity index (χ0) is 9.83. The molecular formula is C6H13Cl3O2Si. The van der Waals surface area contributed by atoms with Crippen molar-refractivity contribution in [3.05, 3.63) is 0 Å². The monoisotopic (exact) mass is 250 g/mol. The molecule has 0 rings (SSSR count). The normalized spacial score (nSPS) is 13.8. The van der Waals surface area contributed by atoms with Gasteiger partial charge < -0.3 is 9.47 Å². The highest BCUT2D eigenvalue weighted by atomic mass is 35.6. The van der Waals surface area contributed by atoms with E-state index in [1.165, 1.54) is 0 Å². The maximum Gasteiger partial charge on any atom is 0.238 e. The summed E-state index contributed by atoms with van der Waals surface area (Å²) in [5.74, 6) is 0. The maximum atomic E-state index is 5.71. The minimum absolute atomic E-state index is 0.470. The molecule has 0 saturated heterocycles. The molecule has 0 fully saturated rings. The molecule has 0 aromatic heterocycles. The van der Waals surface area contributed by atoms with E-state index in [2.05, 4.69) is 0 Å². The van der Waals surface area contributed by atoms with Gasteiger partial charge in [0.2, 0.25) is 3.79 Å². The highest BCUT2D eigenvalue weighted by Crippen LogP contribution is 2.39. The third-order valence-electron chi connectivity index (χ3n) is 1.35. The van der Waals surface area contributed by atoms with E-state index in [9.17, 15) is 0 Å². The zero-order valence-corrected chi connectivity index (χ0v) is 11.6. The molecule has 0 saturated carbocycles. The summed E-state index contributed by atoms with van der Waals surface area (Å²) in [5.41, 5.74) is -1.03. The molecule has 0 aromatic carbocycles. The lowest BCUT2D eigenvalue weighted by Gasteiger charge is -2.35. The van der Waals surface area contributed by atoms with Crippen LogP contribution in [0, 0.1) is 0 Å². The zero-order valence-electron chi connectivity index (χ0n) is 7.36. The van der Waals surface area contributed by atoms with Crippen LogP contribution in [0.1, 0.15) is 13.8 Å². The van der Waals surface area contributed by atoms with E-state index >= 15 is 0 Å². The van der Waals surface area contributed by atoms with Crippen molar-refractivity contribution in [1.82, 2.24) is 0 Å². The predicted molar refractivity (Wildman–Crippen MR) is 56.2 cm³/mol. The molecule has 0 heterocycles. The minimum Gasteiger partial charge on any atom is -0.351 e. The van der Waals surface area contributed by atoms with Gasteiger partial charge in [-0.1, -0.05) is 34.8 Å². The molecule has 0 amide bonds. The first-order chi connectivity index (χ1) is 5.37. The van der Waals surface area contributed by atoms with E-state index in [-0.39, 0.29) is 0 Å². The molecule has 0 spiro atoms. The fraction of sp³-hybridized carbons (Fsp3) is 1.00. The molecule has 74 valence electrons. The van der Waals surface area contributed by atoms with Crippen LogP contribution in [0.15, 0.2) is 0 Å². The molecule has 6 heteroatoms. The summed E-state index contributed by atoms with van der Waals surface area (Å²) in [6.07, 6.45) is 0. The summed E-state index contributed by atoms with van der Waals surface area (Å²) >= 11 is 17.1. The Hall–Kier alpha value is 1.01. The van der Waals surface area contributed by atoms with Gasteiger partial charge in [0.1, 0.15) is 0 Å². The summed E-state index contributed by atoms with van der Waals surface area (Å²) in [4.78, 5) is 0. The molecular weight excluding hydrogens is 239 g/mol. The molecule has 0 aliphatic rings. The molecule has 2 nitrogen and oxygen atoms in total. The smallest absolute Gasteiger partial charge is 0.238 e. The van der Waals surface area contributed by atoms with Gasteiger partial charge in [0.15, 0.2) is 5.41 Å². The van der Waals surface area contributed by atoms with E-state index in [0.717, 1.165) is 0 Å². The first-order valence-electron chi connectivity index (χ1n) is 3.72. The van der Waals surface area contributed by atoms with Crippen LogP contribution in [0.5, 0.6) is 0 Å². The number of ether oxygens (including phenoxy) is 2. The number of hydrogen-bond acceptors (Lipinski definition) is 2.